The molecule has 0 radical (unpaired) electrons. The second-order valence-corrected chi connectivity index (χ2v) is 6.57. The van der Waals surface area contributed by atoms with E-state index in [1.165, 1.54) is 16.7 Å². The monoisotopic (exact) mass is 304 g/mol. The van der Waals surface area contributed by atoms with Crippen molar-refractivity contribution in [1.82, 2.24) is 9.88 Å². The number of hydrogen-bond donors (Lipinski definition) is 0. The minimum absolute atomic E-state index is 0.232. The first-order valence-corrected chi connectivity index (χ1v) is 7.87. The molecule has 1 unspecified atom stereocenters. The maximum atomic E-state index is 6.24. The Bertz CT molecular complexity index is 980. The van der Waals surface area contributed by atoms with Gasteiger partial charge >= 0.3 is 0 Å². The van der Waals surface area contributed by atoms with Crippen LogP contribution >= 0.6 is 0 Å². The number of aryl methyl sites for hydroxylation is 1. The van der Waals surface area contributed by atoms with Gasteiger partial charge in [-0.05, 0) is 38.0 Å². The Morgan fingerprint density at radius 3 is 2.74 bits per heavy atom. The van der Waals surface area contributed by atoms with Crippen molar-refractivity contribution in [3.63, 3.8) is 0 Å². The fourth-order valence-corrected chi connectivity index (χ4v) is 3.56. The van der Waals surface area contributed by atoms with Gasteiger partial charge in [-0.3, -0.25) is 4.98 Å². The van der Waals surface area contributed by atoms with E-state index in [-0.39, 0.29) is 5.54 Å². The van der Waals surface area contributed by atoms with Crippen LogP contribution in [0.3, 0.4) is 0 Å². The summed E-state index contributed by atoms with van der Waals surface area (Å²) in [5, 5.41) is 2.20. The van der Waals surface area contributed by atoms with Crippen LogP contribution in [0.25, 0.3) is 21.9 Å². The molecule has 116 valence electrons. The topological polar surface area (TPSA) is 29.3 Å². The Labute approximate surface area is 135 Å². The third kappa shape index (κ3) is 1.93. The molecule has 3 aromatic rings. The quantitative estimate of drug-likeness (QED) is 0.639. The summed E-state index contributed by atoms with van der Waals surface area (Å²) in [5.41, 5.74) is 5.32. The smallest absolute Gasteiger partial charge is 0.141 e. The van der Waals surface area contributed by atoms with Crippen molar-refractivity contribution in [3.05, 3.63) is 65.6 Å². The molecule has 2 aromatic heterocycles. The third-order valence-electron chi connectivity index (χ3n) is 4.96. The van der Waals surface area contributed by atoms with E-state index in [1.54, 1.807) is 6.20 Å². The Morgan fingerprint density at radius 1 is 1.13 bits per heavy atom. The summed E-state index contributed by atoms with van der Waals surface area (Å²) in [5.74, 6) is 0. The normalized spacial score (nSPS) is 21.2. The van der Waals surface area contributed by atoms with Gasteiger partial charge in [-0.2, -0.15) is 0 Å². The lowest BCUT2D eigenvalue weighted by Crippen LogP contribution is -2.38. The molecule has 1 aliphatic rings. The van der Waals surface area contributed by atoms with E-state index in [0.29, 0.717) is 0 Å². The Kier molecular flexibility index (Phi) is 2.89. The number of hydrogen-bond acceptors (Lipinski definition) is 3. The molecule has 1 aromatic carbocycles. The van der Waals surface area contributed by atoms with Crippen LogP contribution in [-0.4, -0.2) is 16.9 Å². The van der Waals surface area contributed by atoms with Crippen LogP contribution in [0.2, 0.25) is 0 Å². The van der Waals surface area contributed by atoms with Crippen molar-refractivity contribution in [2.75, 3.05) is 7.05 Å². The van der Waals surface area contributed by atoms with Crippen LogP contribution in [0, 0.1) is 6.92 Å². The van der Waals surface area contributed by atoms with E-state index in [2.05, 4.69) is 68.2 Å². The Balaban J connectivity index is 2.07. The lowest BCUT2D eigenvalue weighted by molar-refractivity contribution is 0.258. The number of benzene rings is 1. The molecule has 0 amide bonds. The van der Waals surface area contributed by atoms with Gasteiger partial charge in [-0.15, -0.1) is 0 Å². The molecular formula is C20H20N2O. The molecule has 1 atom stereocenters. The van der Waals surface area contributed by atoms with Crippen LogP contribution in [0.1, 0.15) is 25.0 Å². The molecule has 0 aliphatic carbocycles. The first kappa shape index (κ1) is 14.1. The van der Waals surface area contributed by atoms with Crippen molar-refractivity contribution < 1.29 is 4.42 Å². The summed E-state index contributed by atoms with van der Waals surface area (Å²) in [6.07, 6.45) is 10.3. The lowest BCUT2D eigenvalue weighted by atomic mass is 9.84. The van der Waals surface area contributed by atoms with Gasteiger partial charge in [0.25, 0.3) is 0 Å². The molecule has 3 nitrogen and oxygen atoms in total. The molecule has 3 heterocycles. The molecule has 23 heavy (non-hydrogen) atoms. The second-order valence-electron chi connectivity index (χ2n) is 6.57. The van der Waals surface area contributed by atoms with Crippen LogP contribution < -0.4 is 0 Å². The summed E-state index contributed by atoms with van der Waals surface area (Å²) < 4.78 is 6.24. The van der Waals surface area contributed by atoms with Gasteiger partial charge in [0.15, 0.2) is 0 Å². The maximum absolute atomic E-state index is 6.24. The molecule has 3 heteroatoms. The molecule has 4 rings (SSSR count). The predicted octanol–water partition coefficient (Wildman–Crippen LogP) is 4.91. The van der Waals surface area contributed by atoms with Gasteiger partial charge in [-0.1, -0.05) is 24.3 Å². The molecule has 0 saturated carbocycles. The highest BCUT2D eigenvalue weighted by Crippen LogP contribution is 2.41. The summed E-state index contributed by atoms with van der Waals surface area (Å²) in [7, 11) is 2.12. The summed E-state index contributed by atoms with van der Waals surface area (Å²) >= 11 is 0. The lowest BCUT2D eigenvalue weighted by Gasteiger charge is -2.39. The highest BCUT2D eigenvalue weighted by molar-refractivity contribution is 6.06. The van der Waals surface area contributed by atoms with Gasteiger partial charge in [0.05, 0.1) is 5.54 Å². The van der Waals surface area contributed by atoms with E-state index in [4.69, 9.17) is 4.42 Å². The molecule has 0 fully saturated rings. The molecule has 1 aliphatic heterocycles. The van der Waals surface area contributed by atoms with Crippen LogP contribution in [0.4, 0.5) is 0 Å². The zero-order valence-corrected chi connectivity index (χ0v) is 13.9. The average Bonchev–Trinajstić information content (AvgIpc) is 2.89. The number of nitrogens with zero attached hydrogens (tertiary/aromatic N) is 2. The summed E-state index contributed by atoms with van der Waals surface area (Å²) in [4.78, 5) is 6.51. The number of allylic oxidation sites excluding steroid dienone is 2. The zero-order chi connectivity index (χ0) is 16.2. The number of pyridine rings is 1. The minimum atomic E-state index is -0.232. The van der Waals surface area contributed by atoms with Crippen molar-refractivity contribution in [2.24, 2.45) is 0 Å². The van der Waals surface area contributed by atoms with E-state index < -0.39 is 0 Å². The maximum Gasteiger partial charge on any atom is 0.141 e. The number of rotatable bonds is 1. The molecule has 0 saturated heterocycles. The van der Waals surface area contributed by atoms with Crippen molar-refractivity contribution >= 4 is 21.9 Å². The summed E-state index contributed by atoms with van der Waals surface area (Å²) in [6, 6.07) is 6.25. The predicted molar refractivity (Wildman–Crippen MR) is 94.3 cm³/mol. The van der Waals surface area contributed by atoms with Crippen molar-refractivity contribution in [1.29, 1.82) is 0 Å². The number of fused-ring (bicyclic) bond motifs is 3. The van der Waals surface area contributed by atoms with Gasteiger partial charge in [0.1, 0.15) is 11.2 Å². The number of likely N-dealkylation sites (N-methyl/N-ethyl adjacent to an activating group) is 1. The van der Waals surface area contributed by atoms with Gasteiger partial charge in [-0.25, -0.2) is 0 Å². The highest BCUT2D eigenvalue weighted by atomic mass is 16.3. The first-order valence-electron chi connectivity index (χ1n) is 7.87. The van der Waals surface area contributed by atoms with Crippen LogP contribution in [0.15, 0.2) is 58.9 Å². The Hall–Kier alpha value is -2.55. The van der Waals surface area contributed by atoms with Crippen molar-refractivity contribution in [2.45, 2.75) is 26.3 Å². The van der Waals surface area contributed by atoms with Crippen LogP contribution in [0.5, 0.6) is 0 Å². The van der Waals surface area contributed by atoms with Crippen LogP contribution in [-0.2, 0) is 5.54 Å². The first-order chi connectivity index (χ1) is 11.0. The van der Waals surface area contributed by atoms with Gasteiger partial charge in [0, 0.05) is 42.0 Å². The fourth-order valence-electron chi connectivity index (χ4n) is 3.56. The van der Waals surface area contributed by atoms with E-state index in [1.807, 2.05) is 12.3 Å². The number of aromatic nitrogens is 1. The van der Waals surface area contributed by atoms with Crippen molar-refractivity contribution in [3.8, 4) is 0 Å². The molecule has 0 spiro atoms. The second kappa shape index (κ2) is 4.72. The van der Waals surface area contributed by atoms with E-state index in [0.717, 1.165) is 21.9 Å². The largest absolute Gasteiger partial charge is 0.456 e. The van der Waals surface area contributed by atoms with Gasteiger partial charge in [0.2, 0.25) is 0 Å². The Morgan fingerprint density at radius 2 is 1.96 bits per heavy atom. The summed E-state index contributed by atoms with van der Waals surface area (Å²) in [6.45, 7) is 6.50. The molecule has 0 N–H and O–H groups in total. The van der Waals surface area contributed by atoms with E-state index >= 15 is 0 Å². The average molecular weight is 304 g/mol. The minimum Gasteiger partial charge on any atom is -0.456 e. The third-order valence-corrected chi connectivity index (χ3v) is 4.96. The standard InChI is InChI=1S/C20H20N2O/c1-13-7-9-20(3,22(4)12-13)18-14(2)5-6-15-16-11-21-10-8-17(16)23-19(15)18/h5-12H,1-4H3. The van der Waals surface area contributed by atoms with E-state index in [9.17, 15) is 0 Å². The fraction of sp³-hybridized carbons (Fsp3) is 0.250. The number of furan rings is 1. The highest BCUT2D eigenvalue weighted by Gasteiger charge is 2.34. The van der Waals surface area contributed by atoms with Gasteiger partial charge < -0.3 is 9.32 Å². The zero-order valence-electron chi connectivity index (χ0n) is 13.9. The molecule has 0 bridgehead atoms. The SMILES string of the molecule is CC1=CN(C)C(C)(c2c(C)ccc3c2oc2ccncc23)C=C1. The molecular weight excluding hydrogens is 284 g/mol.